The summed E-state index contributed by atoms with van der Waals surface area (Å²) in [5.41, 5.74) is 1.27. The lowest BCUT2D eigenvalue weighted by Gasteiger charge is -2.35. The van der Waals surface area contributed by atoms with Crippen molar-refractivity contribution >= 4 is 22.8 Å². The second-order valence-corrected chi connectivity index (χ2v) is 5.80. The maximum Gasteiger partial charge on any atom is 0.307 e. The first-order valence-corrected chi connectivity index (χ1v) is 8.13. The number of carbonyl (C=O) groups is 2. The van der Waals surface area contributed by atoms with Gasteiger partial charge in [0, 0.05) is 18.0 Å². The molecular formula is C18H21NO4. The highest BCUT2D eigenvalue weighted by Gasteiger charge is 2.31. The molecule has 5 nitrogen and oxygen atoms in total. The number of amides is 1. The zero-order valence-electron chi connectivity index (χ0n) is 13.3. The summed E-state index contributed by atoms with van der Waals surface area (Å²) in [5, 5.41) is 0.818. The van der Waals surface area contributed by atoms with Gasteiger partial charge in [0.25, 0.3) is 5.91 Å². The SMILES string of the molecule is CCOC(=O)CC1CCCCN1C(=O)c1coc2ccccc12. The fourth-order valence-corrected chi connectivity index (χ4v) is 3.19. The summed E-state index contributed by atoms with van der Waals surface area (Å²) in [6.45, 7) is 2.83. The van der Waals surface area contributed by atoms with Crippen molar-refractivity contribution in [3.8, 4) is 0 Å². The number of para-hydroxylation sites is 1. The van der Waals surface area contributed by atoms with Crippen molar-refractivity contribution in [2.75, 3.05) is 13.2 Å². The smallest absolute Gasteiger partial charge is 0.307 e. The summed E-state index contributed by atoms with van der Waals surface area (Å²) in [5.74, 6) is -0.307. The van der Waals surface area contributed by atoms with Gasteiger partial charge < -0.3 is 14.1 Å². The summed E-state index contributed by atoms with van der Waals surface area (Å²) in [6.07, 6.45) is 4.60. The third-order valence-corrected chi connectivity index (χ3v) is 4.31. The van der Waals surface area contributed by atoms with E-state index in [1.807, 2.05) is 24.3 Å². The molecule has 1 aliphatic rings. The molecule has 0 N–H and O–H groups in total. The topological polar surface area (TPSA) is 59.8 Å². The second kappa shape index (κ2) is 6.86. The van der Waals surface area contributed by atoms with Crippen molar-refractivity contribution in [1.82, 2.24) is 4.90 Å². The van der Waals surface area contributed by atoms with E-state index in [4.69, 9.17) is 9.15 Å². The van der Waals surface area contributed by atoms with Crippen molar-refractivity contribution in [3.05, 3.63) is 36.1 Å². The quantitative estimate of drug-likeness (QED) is 0.812. The van der Waals surface area contributed by atoms with Crippen LogP contribution in [0.2, 0.25) is 0 Å². The predicted molar refractivity (Wildman–Crippen MR) is 86.1 cm³/mol. The van der Waals surface area contributed by atoms with Crippen LogP contribution < -0.4 is 0 Å². The van der Waals surface area contributed by atoms with Crippen LogP contribution in [-0.2, 0) is 9.53 Å². The molecule has 122 valence electrons. The molecule has 1 saturated heterocycles. The molecule has 1 fully saturated rings. The molecule has 2 aromatic rings. The van der Waals surface area contributed by atoms with E-state index in [0.717, 1.165) is 24.6 Å². The molecule has 23 heavy (non-hydrogen) atoms. The average Bonchev–Trinajstić information content (AvgIpc) is 2.99. The van der Waals surface area contributed by atoms with Crippen LogP contribution in [-0.4, -0.2) is 36.0 Å². The van der Waals surface area contributed by atoms with Gasteiger partial charge in [-0.15, -0.1) is 0 Å². The maximum absolute atomic E-state index is 12.9. The van der Waals surface area contributed by atoms with E-state index in [-0.39, 0.29) is 24.3 Å². The number of benzene rings is 1. The molecule has 0 bridgehead atoms. The summed E-state index contributed by atoms with van der Waals surface area (Å²) in [4.78, 5) is 26.5. The Bertz CT molecular complexity index is 706. The van der Waals surface area contributed by atoms with Gasteiger partial charge in [-0.3, -0.25) is 9.59 Å². The first-order chi connectivity index (χ1) is 11.2. The molecule has 1 amide bonds. The lowest BCUT2D eigenvalue weighted by molar-refractivity contribution is -0.144. The highest BCUT2D eigenvalue weighted by atomic mass is 16.5. The van der Waals surface area contributed by atoms with Gasteiger partial charge in [-0.05, 0) is 32.3 Å². The summed E-state index contributed by atoms with van der Waals surface area (Å²) in [7, 11) is 0. The van der Waals surface area contributed by atoms with Gasteiger partial charge in [0.1, 0.15) is 11.8 Å². The summed E-state index contributed by atoms with van der Waals surface area (Å²) >= 11 is 0. The van der Waals surface area contributed by atoms with Gasteiger partial charge in [-0.2, -0.15) is 0 Å². The standard InChI is InChI=1S/C18H21NO4/c1-2-22-17(20)11-13-7-5-6-10-19(13)18(21)15-12-23-16-9-4-3-8-14(15)16/h3-4,8-9,12-13H,2,5-7,10-11H2,1H3. The molecular weight excluding hydrogens is 294 g/mol. The minimum absolute atomic E-state index is 0.0658. The summed E-state index contributed by atoms with van der Waals surface area (Å²) < 4.78 is 10.5. The van der Waals surface area contributed by atoms with Crippen molar-refractivity contribution in [2.45, 2.75) is 38.6 Å². The van der Waals surface area contributed by atoms with Crippen LogP contribution in [0.1, 0.15) is 43.0 Å². The van der Waals surface area contributed by atoms with E-state index in [1.165, 1.54) is 6.26 Å². The molecule has 1 aromatic carbocycles. The number of hydrogen-bond donors (Lipinski definition) is 0. The maximum atomic E-state index is 12.9. The van der Waals surface area contributed by atoms with Crippen LogP contribution in [0.5, 0.6) is 0 Å². The van der Waals surface area contributed by atoms with Crippen molar-refractivity contribution in [3.63, 3.8) is 0 Å². The van der Waals surface area contributed by atoms with Gasteiger partial charge in [0.15, 0.2) is 0 Å². The Morgan fingerprint density at radius 3 is 2.96 bits per heavy atom. The van der Waals surface area contributed by atoms with Crippen LogP contribution in [0.4, 0.5) is 0 Å². The van der Waals surface area contributed by atoms with Crippen molar-refractivity contribution in [1.29, 1.82) is 0 Å². The average molecular weight is 315 g/mol. The third kappa shape index (κ3) is 3.23. The largest absolute Gasteiger partial charge is 0.466 e. The Kier molecular flexibility index (Phi) is 4.65. The predicted octanol–water partition coefficient (Wildman–Crippen LogP) is 3.38. The highest BCUT2D eigenvalue weighted by Crippen LogP contribution is 2.27. The Morgan fingerprint density at radius 1 is 1.30 bits per heavy atom. The minimum Gasteiger partial charge on any atom is -0.466 e. The molecule has 2 heterocycles. The molecule has 0 aliphatic carbocycles. The first-order valence-electron chi connectivity index (χ1n) is 8.13. The summed E-state index contributed by atoms with van der Waals surface area (Å²) in [6, 6.07) is 7.41. The minimum atomic E-state index is -0.241. The normalized spacial score (nSPS) is 18.1. The molecule has 1 atom stereocenters. The van der Waals surface area contributed by atoms with Gasteiger partial charge in [-0.25, -0.2) is 0 Å². The van der Waals surface area contributed by atoms with E-state index < -0.39 is 0 Å². The molecule has 0 radical (unpaired) electrons. The number of esters is 1. The Morgan fingerprint density at radius 2 is 2.13 bits per heavy atom. The Balaban J connectivity index is 1.82. The monoisotopic (exact) mass is 315 g/mol. The fourth-order valence-electron chi connectivity index (χ4n) is 3.19. The van der Waals surface area contributed by atoms with Gasteiger partial charge in [-0.1, -0.05) is 18.2 Å². The van der Waals surface area contributed by atoms with Crippen LogP contribution in [0.15, 0.2) is 34.9 Å². The molecule has 1 aromatic heterocycles. The molecule has 1 aliphatic heterocycles. The van der Waals surface area contributed by atoms with E-state index >= 15 is 0 Å². The first kappa shape index (κ1) is 15.6. The van der Waals surface area contributed by atoms with Crippen LogP contribution in [0, 0.1) is 0 Å². The zero-order chi connectivity index (χ0) is 16.2. The second-order valence-electron chi connectivity index (χ2n) is 5.80. The fraction of sp³-hybridized carbons (Fsp3) is 0.444. The van der Waals surface area contributed by atoms with E-state index in [0.29, 0.717) is 24.3 Å². The molecule has 5 heteroatoms. The number of rotatable bonds is 4. The van der Waals surface area contributed by atoms with Crippen molar-refractivity contribution in [2.24, 2.45) is 0 Å². The highest BCUT2D eigenvalue weighted by molar-refractivity contribution is 6.06. The number of likely N-dealkylation sites (tertiary alicyclic amines) is 1. The third-order valence-electron chi connectivity index (χ3n) is 4.31. The molecule has 3 rings (SSSR count). The van der Waals surface area contributed by atoms with E-state index in [9.17, 15) is 9.59 Å². The lowest BCUT2D eigenvalue weighted by atomic mass is 9.98. The number of fused-ring (bicyclic) bond motifs is 1. The number of nitrogens with zero attached hydrogens (tertiary/aromatic N) is 1. The number of furan rings is 1. The number of piperidine rings is 1. The molecule has 1 unspecified atom stereocenters. The Hall–Kier alpha value is -2.30. The Labute approximate surface area is 135 Å². The number of ether oxygens (including phenoxy) is 1. The van der Waals surface area contributed by atoms with Gasteiger partial charge in [0.2, 0.25) is 0 Å². The van der Waals surface area contributed by atoms with Crippen LogP contribution >= 0.6 is 0 Å². The van der Waals surface area contributed by atoms with Gasteiger partial charge in [0.05, 0.1) is 18.6 Å². The molecule has 0 spiro atoms. The van der Waals surface area contributed by atoms with Crippen LogP contribution in [0.3, 0.4) is 0 Å². The van der Waals surface area contributed by atoms with Gasteiger partial charge >= 0.3 is 5.97 Å². The number of hydrogen-bond acceptors (Lipinski definition) is 4. The van der Waals surface area contributed by atoms with Crippen LogP contribution in [0.25, 0.3) is 11.0 Å². The zero-order valence-corrected chi connectivity index (χ0v) is 13.3. The molecule has 0 saturated carbocycles. The lowest BCUT2D eigenvalue weighted by Crippen LogP contribution is -2.44. The van der Waals surface area contributed by atoms with Crippen molar-refractivity contribution < 1.29 is 18.7 Å². The van der Waals surface area contributed by atoms with E-state index in [2.05, 4.69) is 0 Å². The van der Waals surface area contributed by atoms with E-state index in [1.54, 1.807) is 11.8 Å². The number of carbonyl (C=O) groups excluding carboxylic acids is 2.